The standard InChI is InChI=1S/C27H32O3/c1-2-3-12-22(16-15-19-10-6-4-7-11-19)26-25(28)24(27(29)30-26)23(21-17-18-21)20-13-8-5-9-14-20/h4-11,13-14,21-23,26,28H,2-3,12,15-18H2,1H3. The Morgan fingerprint density at radius 3 is 2.30 bits per heavy atom. The van der Waals surface area contributed by atoms with Gasteiger partial charge >= 0.3 is 5.97 Å². The third-order valence-electron chi connectivity index (χ3n) is 6.57. The Morgan fingerprint density at radius 2 is 1.67 bits per heavy atom. The van der Waals surface area contributed by atoms with Crippen LogP contribution in [0, 0.1) is 11.8 Å². The van der Waals surface area contributed by atoms with Crippen molar-refractivity contribution in [3.05, 3.63) is 83.1 Å². The lowest BCUT2D eigenvalue weighted by atomic mass is 9.83. The molecule has 3 nitrogen and oxygen atoms in total. The fraction of sp³-hybridized carbons (Fsp3) is 0.444. The molecule has 1 aliphatic carbocycles. The number of rotatable bonds is 10. The highest BCUT2D eigenvalue weighted by atomic mass is 16.6. The predicted octanol–water partition coefficient (Wildman–Crippen LogP) is 6.36. The van der Waals surface area contributed by atoms with E-state index in [1.165, 1.54) is 5.56 Å². The molecule has 1 aliphatic heterocycles. The van der Waals surface area contributed by atoms with Crippen molar-refractivity contribution in [1.29, 1.82) is 0 Å². The van der Waals surface area contributed by atoms with Crippen molar-refractivity contribution in [2.24, 2.45) is 11.8 Å². The van der Waals surface area contributed by atoms with Crippen LogP contribution in [0.3, 0.4) is 0 Å². The van der Waals surface area contributed by atoms with E-state index in [0.717, 1.165) is 50.5 Å². The van der Waals surface area contributed by atoms with Crippen LogP contribution in [0.25, 0.3) is 0 Å². The summed E-state index contributed by atoms with van der Waals surface area (Å²) in [5.74, 6) is 0.385. The number of hydrogen-bond acceptors (Lipinski definition) is 3. The summed E-state index contributed by atoms with van der Waals surface area (Å²) in [6.07, 6.45) is 6.64. The van der Waals surface area contributed by atoms with Crippen molar-refractivity contribution >= 4 is 5.97 Å². The van der Waals surface area contributed by atoms with Crippen LogP contribution in [-0.4, -0.2) is 17.2 Å². The number of hydrogen-bond donors (Lipinski definition) is 1. The number of esters is 1. The van der Waals surface area contributed by atoms with Gasteiger partial charge in [0.25, 0.3) is 0 Å². The van der Waals surface area contributed by atoms with Gasteiger partial charge in [0.1, 0.15) is 5.76 Å². The molecular weight excluding hydrogens is 372 g/mol. The molecule has 1 saturated carbocycles. The molecule has 4 rings (SSSR count). The highest BCUT2D eigenvalue weighted by molar-refractivity contribution is 5.93. The first-order valence-corrected chi connectivity index (χ1v) is 11.4. The normalized spacial score (nSPS) is 20.8. The van der Waals surface area contributed by atoms with Gasteiger partial charge in [-0.05, 0) is 49.1 Å². The number of carbonyl (C=O) groups is 1. The molecule has 3 heteroatoms. The van der Waals surface area contributed by atoms with Crippen molar-refractivity contribution < 1.29 is 14.6 Å². The van der Waals surface area contributed by atoms with E-state index in [0.29, 0.717) is 11.5 Å². The van der Waals surface area contributed by atoms with E-state index in [9.17, 15) is 9.90 Å². The molecule has 0 radical (unpaired) electrons. The van der Waals surface area contributed by atoms with Crippen LogP contribution in [-0.2, 0) is 16.0 Å². The van der Waals surface area contributed by atoms with E-state index in [1.807, 2.05) is 24.3 Å². The zero-order valence-corrected chi connectivity index (χ0v) is 17.8. The van der Waals surface area contributed by atoms with Gasteiger partial charge in [-0.3, -0.25) is 0 Å². The Kier molecular flexibility index (Phi) is 6.56. The molecule has 1 fully saturated rings. The molecule has 158 valence electrons. The minimum Gasteiger partial charge on any atom is -0.508 e. The maximum Gasteiger partial charge on any atom is 0.338 e. The molecule has 2 aromatic rings. The fourth-order valence-electron chi connectivity index (χ4n) is 4.77. The van der Waals surface area contributed by atoms with E-state index >= 15 is 0 Å². The number of unbranched alkanes of at least 4 members (excludes halogenated alkanes) is 1. The molecule has 0 amide bonds. The van der Waals surface area contributed by atoms with Gasteiger partial charge in [0.15, 0.2) is 6.10 Å². The summed E-state index contributed by atoms with van der Waals surface area (Å²) in [6, 6.07) is 20.5. The lowest BCUT2D eigenvalue weighted by Gasteiger charge is -2.23. The summed E-state index contributed by atoms with van der Waals surface area (Å²) in [4.78, 5) is 13.0. The van der Waals surface area contributed by atoms with Crippen molar-refractivity contribution in [3.8, 4) is 0 Å². The molecule has 30 heavy (non-hydrogen) atoms. The summed E-state index contributed by atoms with van der Waals surface area (Å²) in [6.45, 7) is 2.18. The molecule has 0 spiro atoms. The van der Waals surface area contributed by atoms with E-state index in [2.05, 4.69) is 43.3 Å². The van der Waals surface area contributed by atoms with E-state index in [-0.39, 0.29) is 23.6 Å². The maximum absolute atomic E-state index is 13.0. The number of benzene rings is 2. The second-order valence-electron chi connectivity index (χ2n) is 8.78. The average molecular weight is 405 g/mol. The summed E-state index contributed by atoms with van der Waals surface area (Å²) >= 11 is 0. The molecule has 0 saturated heterocycles. The quantitative estimate of drug-likeness (QED) is 0.469. The molecule has 1 N–H and O–H groups in total. The van der Waals surface area contributed by atoms with Crippen molar-refractivity contribution in [2.45, 2.75) is 63.9 Å². The summed E-state index contributed by atoms with van der Waals surface area (Å²) in [7, 11) is 0. The van der Waals surface area contributed by atoms with Crippen molar-refractivity contribution in [3.63, 3.8) is 0 Å². The van der Waals surface area contributed by atoms with Gasteiger partial charge in [-0.15, -0.1) is 0 Å². The second kappa shape index (κ2) is 9.51. The molecule has 1 heterocycles. The van der Waals surface area contributed by atoms with Gasteiger partial charge in [0, 0.05) is 11.8 Å². The first-order valence-electron chi connectivity index (χ1n) is 11.4. The van der Waals surface area contributed by atoms with Crippen LogP contribution < -0.4 is 0 Å². The summed E-state index contributed by atoms with van der Waals surface area (Å²) in [5, 5.41) is 11.2. The molecule has 0 bridgehead atoms. The SMILES string of the molecule is CCCCC(CCc1ccccc1)C1OC(=O)C(C(c2ccccc2)C2CC2)=C1O. The molecule has 0 aromatic heterocycles. The van der Waals surface area contributed by atoms with Crippen LogP contribution in [0.2, 0.25) is 0 Å². The number of cyclic esters (lactones) is 1. The number of aryl methyl sites for hydroxylation is 1. The van der Waals surface area contributed by atoms with Gasteiger partial charge < -0.3 is 9.84 Å². The first-order chi connectivity index (χ1) is 14.7. The Labute approximate surface area is 179 Å². The minimum absolute atomic E-state index is 0.0513. The van der Waals surface area contributed by atoms with Crippen LogP contribution in [0.1, 0.15) is 62.5 Å². The van der Waals surface area contributed by atoms with Gasteiger partial charge in [-0.2, -0.15) is 0 Å². The van der Waals surface area contributed by atoms with Crippen LogP contribution >= 0.6 is 0 Å². The Morgan fingerprint density at radius 1 is 1.00 bits per heavy atom. The summed E-state index contributed by atoms with van der Waals surface area (Å²) in [5.41, 5.74) is 2.90. The molecule has 2 aliphatic rings. The van der Waals surface area contributed by atoms with E-state index < -0.39 is 6.10 Å². The number of carbonyl (C=O) groups excluding carboxylic acids is 1. The van der Waals surface area contributed by atoms with Gasteiger partial charge in [-0.25, -0.2) is 4.79 Å². The molecular formula is C27H32O3. The third kappa shape index (κ3) is 4.61. The van der Waals surface area contributed by atoms with Crippen LogP contribution in [0.15, 0.2) is 72.0 Å². The van der Waals surface area contributed by atoms with Gasteiger partial charge in [0.05, 0.1) is 5.57 Å². The molecule has 2 aromatic carbocycles. The Bertz CT molecular complexity index is 867. The number of ether oxygens (including phenoxy) is 1. The van der Waals surface area contributed by atoms with E-state index in [4.69, 9.17) is 4.74 Å². The lowest BCUT2D eigenvalue weighted by molar-refractivity contribution is -0.142. The predicted molar refractivity (Wildman–Crippen MR) is 119 cm³/mol. The second-order valence-corrected chi connectivity index (χ2v) is 8.78. The maximum atomic E-state index is 13.0. The summed E-state index contributed by atoms with van der Waals surface area (Å²) < 4.78 is 5.85. The van der Waals surface area contributed by atoms with Crippen molar-refractivity contribution in [2.75, 3.05) is 0 Å². The number of aliphatic hydroxyl groups is 1. The first kappa shape index (κ1) is 20.7. The topological polar surface area (TPSA) is 46.5 Å². The highest BCUT2D eigenvalue weighted by Gasteiger charge is 2.46. The largest absolute Gasteiger partial charge is 0.508 e. The van der Waals surface area contributed by atoms with Crippen LogP contribution in [0.4, 0.5) is 0 Å². The van der Waals surface area contributed by atoms with Crippen LogP contribution in [0.5, 0.6) is 0 Å². The molecule has 3 atom stereocenters. The Balaban J connectivity index is 1.58. The molecule has 3 unspecified atom stereocenters. The van der Waals surface area contributed by atoms with Gasteiger partial charge in [0.2, 0.25) is 0 Å². The smallest absolute Gasteiger partial charge is 0.338 e. The zero-order chi connectivity index (χ0) is 20.9. The monoisotopic (exact) mass is 404 g/mol. The lowest BCUT2D eigenvalue weighted by Crippen LogP contribution is -2.24. The fourth-order valence-corrected chi connectivity index (χ4v) is 4.77. The Hall–Kier alpha value is -2.55. The van der Waals surface area contributed by atoms with Gasteiger partial charge in [-0.1, -0.05) is 80.4 Å². The average Bonchev–Trinajstić information content (AvgIpc) is 3.57. The van der Waals surface area contributed by atoms with Crippen molar-refractivity contribution in [1.82, 2.24) is 0 Å². The number of aliphatic hydroxyl groups excluding tert-OH is 1. The zero-order valence-electron chi connectivity index (χ0n) is 17.8. The third-order valence-corrected chi connectivity index (χ3v) is 6.57. The highest BCUT2D eigenvalue weighted by Crippen LogP contribution is 2.50. The van der Waals surface area contributed by atoms with E-state index in [1.54, 1.807) is 0 Å². The minimum atomic E-state index is -0.507.